The first-order chi connectivity index (χ1) is 12.8. The van der Waals surface area contributed by atoms with Gasteiger partial charge in [-0.15, -0.1) is 0 Å². The number of carbonyl (C=O) groups excluding carboxylic acids is 1. The van der Waals surface area contributed by atoms with Gasteiger partial charge < -0.3 is 10.2 Å². The average molecular weight is 366 g/mol. The van der Waals surface area contributed by atoms with Gasteiger partial charge in [-0.25, -0.2) is 9.20 Å². The summed E-state index contributed by atoms with van der Waals surface area (Å²) in [6.07, 6.45) is 5.98. The molecule has 0 aromatic carbocycles. The first kappa shape index (κ1) is 17.6. The van der Waals surface area contributed by atoms with Crippen molar-refractivity contribution in [3.63, 3.8) is 0 Å². The van der Waals surface area contributed by atoms with E-state index < -0.39 is 0 Å². The van der Waals surface area contributed by atoms with Gasteiger partial charge in [0.2, 0.25) is 0 Å². The summed E-state index contributed by atoms with van der Waals surface area (Å²) in [5.41, 5.74) is 3.17. The quantitative estimate of drug-likeness (QED) is 0.771. The lowest BCUT2D eigenvalue weighted by Gasteiger charge is -2.22. The van der Waals surface area contributed by atoms with Crippen LogP contribution in [0.3, 0.4) is 0 Å². The van der Waals surface area contributed by atoms with Gasteiger partial charge >= 0.3 is 0 Å². The fourth-order valence-electron chi connectivity index (χ4n) is 3.60. The molecule has 7 nitrogen and oxygen atoms in total. The molecule has 1 aliphatic rings. The number of aromatic nitrogens is 4. The molecular weight excluding hydrogens is 340 g/mol. The maximum absolute atomic E-state index is 13.0. The molecule has 0 radical (unpaired) electrons. The van der Waals surface area contributed by atoms with Gasteiger partial charge in [0, 0.05) is 31.0 Å². The molecule has 142 valence electrons. The number of carbonyl (C=O) groups is 1. The van der Waals surface area contributed by atoms with Crippen molar-refractivity contribution in [3.05, 3.63) is 41.9 Å². The van der Waals surface area contributed by atoms with Gasteiger partial charge in [0.1, 0.15) is 5.82 Å². The fraction of sp³-hybridized carbons (Fsp3) is 0.450. The predicted octanol–water partition coefficient (Wildman–Crippen LogP) is 3.45. The van der Waals surface area contributed by atoms with Crippen molar-refractivity contribution in [2.75, 3.05) is 23.3 Å². The largest absolute Gasteiger partial charge is 0.371 e. The summed E-state index contributed by atoms with van der Waals surface area (Å²) in [6.45, 7) is 10.2. The van der Waals surface area contributed by atoms with E-state index in [4.69, 9.17) is 0 Å². The lowest BCUT2D eigenvalue weighted by molar-refractivity contribution is 0.102. The van der Waals surface area contributed by atoms with Crippen molar-refractivity contribution in [1.82, 2.24) is 19.4 Å². The second kappa shape index (κ2) is 6.40. The zero-order valence-corrected chi connectivity index (χ0v) is 16.4. The second-order valence-electron chi connectivity index (χ2n) is 8.17. The van der Waals surface area contributed by atoms with E-state index in [-0.39, 0.29) is 11.4 Å². The highest BCUT2D eigenvalue weighted by atomic mass is 16.1. The summed E-state index contributed by atoms with van der Waals surface area (Å²) < 4.78 is 3.60. The molecule has 0 atom stereocenters. The minimum atomic E-state index is -0.221. The van der Waals surface area contributed by atoms with Crippen LogP contribution in [0.5, 0.6) is 0 Å². The maximum Gasteiger partial charge on any atom is 0.260 e. The van der Waals surface area contributed by atoms with Gasteiger partial charge in [0.25, 0.3) is 5.91 Å². The highest BCUT2D eigenvalue weighted by molar-refractivity contribution is 6.08. The van der Waals surface area contributed by atoms with Crippen LogP contribution in [0.4, 0.5) is 11.5 Å². The van der Waals surface area contributed by atoms with Crippen molar-refractivity contribution < 1.29 is 4.79 Å². The van der Waals surface area contributed by atoms with Crippen LogP contribution >= 0.6 is 0 Å². The first-order valence-electron chi connectivity index (χ1n) is 9.44. The molecule has 0 unspecified atom stereocenters. The Balaban J connectivity index is 1.66. The molecule has 0 aliphatic carbocycles. The topological polar surface area (TPSA) is 67.5 Å². The molecule has 27 heavy (non-hydrogen) atoms. The van der Waals surface area contributed by atoms with Gasteiger partial charge in [-0.1, -0.05) is 0 Å². The van der Waals surface area contributed by atoms with Crippen LogP contribution in [0.1, 0.15) is 49.7 Å². The fourth-order valence-corrected chi connectivity index (χ4v) is 3.60. The van der Waals surface area contributed by atoms with Crippen LogP contribution in [0.25, 0.3) is 5.52 Å². The lowest BCUT2D eigenvalue weighted by atomic mass is 10.1. The number of fused-ring (bicyclic) bond motifs is 1. The molecule has 1 aliphatic heterocycles. The molecule has 0 spiro atoms. The van der Waals surface area contributed by atoms with Crippen LogP contribution in [0.2, 0.25) is 0 Å². The number of aryl methyl sites for hydroxylation is 1. The van der Waals surface area contributed by atoms with E-state index in [9.17, 15) is 4.79 Å². The number of hydrogen-bond acceptors (Lipinski definition) is 4. The number of rotatable bonds is 3. The molecule has 1 N–H and O–H groups in total. The van der Waals surface area contributed by atoms with Crippen LogP contribution in [-0.2, 0) is 5.54 Å². The van der Waals surface area contributed by atoms with Gasteiger partial charge in [-0.3, -0.25) is 4.79 Å². The predicted molar refractivity (Wildman–Crippen MR) is 107 cm³/mol. The molecule has 7 heteroatoms. The Morgan fingerprint density at radius 1 is 1.19 bits per heavy atom. The highest BCUT2D eigenvalue weighted by Crippen LogP contribution is 2.25. The van der Waals surface area contributed by atoms with Gasteiger partial charge in [-0.05, 0) is 52.7 Å². The third kappa shape index (κ3) is 3.29. The smallest absolute Gasteiger partial charge is 0.260 e. The van der Waals surface area contributed by atoms with Crippen LogP contribution in [0.15, 0.2) is 30.6 Å². The second-order valence-corrected chi connectivity index (χ2v) is 8.17. The van der Waals surface area contributed by atoms with E-state index in [1.807, 2.05) is 23.9 Å². The molecule has 0 bridgehead atoms. The summed E-state index contributed by atoms with van der Waals surface area (Å²) >= 11 is 0. The zero-order chi connectivity index (χ0) is 19.2. The monoisotopic (exact) mass is 366 g/mol. The third-order valence-electron chi connectivity index (χ3n) is 4.93. The van der Waals surface area contributed by atoms with Crippen LogP contribution in [0, 0.1) is 6.92 Å². The Labute approximate surface area is 159 Å². The molecule has 3 aromatic rings. The van der Waals surface area contributed by atoms with Crippen molar-refractivity contribution in [2.24, 2.45) is 0 Å². The number of pyridine rings is 1. The molecule has 4 heterocycles. The van der Waals surface area contributed by atoms with Crippen molar-refractivity contribution in [2.45, 2.75) is 46.1 Å². The Bertz CT molecular complexity index is 988. The van der Waals surface area contributed by atoms with Gasteiger partial charge in [-0.2, -0.15) is 10.2 Å². The zero-order valence-electron chi connectivity index (χ0n) is 16.4. The molecule has 4 rings (SSSR count). The van der Waals surface area contributed by atoms with E-state index >= 15 is 0 Å². The third-order valence-corrected chi connectivity index (χ3v) is 4.93. The van der Waals surface area contributed by atoms with Gasteiger partial charge in [0.05, 0.1) is 28.5 Å². The molecule has 1 saturated heterocycles. The molecule has 3 aromatic heterocycles. The van der Waals surface area contributed by atoms with E-state index in [1.54, 1.807) is 10.7 Å². The van der Waals surface area contributed by atoms with Crippen LogP contribution < -0.4 is 10.2 Å². The Morgan fingerprint density at radius 3 is 2.63 bits per heavy atom. The number of hydrogen-bond donors (Lipinski definition) is 1. The number of nitrogens with zero attached hydrogens (tertiary/aromatic N) is 5. The number of nitrogens with one attached hydrogen (secondary N) is 1. The summed E-state index contributed by atoms with van der Waals surface area (Å²) in [5.74, 6) is 0.522. The maximum atomic E-state index is 13.0. The average Bonchev–Trinajstić information content (AvgIpc) is 3.32. The molecule has 1 amide bonds. The minimum absolute atomic E-state index is 0.172. The highest BCUT2D eigenvalue weighted by Gasteiger charge is 2.22. The van der Waals surface area contributed by atoms with E-state index in [1.165, 1.54) is 12.8 Å². The van der Waals surface area contributed by atoms with Crippen molar-refractivity contribution >= 4 is 22.9 Å². The summed E-state index contributed by atoms with van der Waals surface area (Å²) in [7, 11) is 0. The number of anilines is 2. The lowest BCUT2D eigenvalue weighted by Crippen LogP contribution is -2.26. The van der Waals surface area contributed by atoms with E-state index in [0.29, 0.717) is 11.4 Å². The van der Waals surface area contributed by atoms with Crippen molar-refractivity contribution in [3.8, 4) is 0 Å². The Morgan fingerprint density at radius 2 is 1.93 bits per heavy atom. The minimum Gasteiger partial charge on any atom is -0.371 e. The Hall–Kier alpha value is -2.83. The standard InChI is InChI=1S/C20H26N6O/c1-14-11-18(26(23-14)20(2,3)4)22-19(27)16-13-21-25-10-7-15(12-17(16)25)24-8-5-6-9-24/h7,10-13H,5-6,8-9H2,1-4H3,(H,22,27). The van der Waals surface area contributed by atoms with Crippen molar-refractivity contribution in [1.29, 1.82) is 0 Å². The molecule has 0 saturated carbocycles. The molecule has 1 fully saturated rings. The van der Waals surface area contributed by atoms with Gasteiger partial charge in [0.15, 0.2) is 0 Å². The summed E-state index contributed by atoms with van der Waals surface area (Å²) in [6, 6.07) is 6.01. The first-order valence-corrected chi connectivity index (χ1v) is 9.44. The van der Waals surface area contributed by atoms with Crippen LogP contribution in [-0.4, -0.2) is 38.4 Å². The SMILES string of the molecule is Cc1cc(NC(=O)c2cnn3ccc(N4CCCC4)cc23)n(C(C)(C)C)n1. The molecular formula is C20H26N6O. The number of amides is 1. The summed E-state index contributed by atoms with van der Waals surface area (Å²) in [5, 5.41) is 11.9. The normalized spacial score (nSPS) is 14.9. The summed E-state index contributed by atoms with van der Waals surface area (Å²) in [4.78, 5) is 15.3. The van der Waals surface area contributed by atoms with E-state index in [0.717, 1.165) is 30.0 Å². The Kier molecular flexibility index (Phi) is 4.17. The van der Waals surface area contributed by atoms with E-state index in [2.05, 4.69) is 53.3 Å².